The second kappa shape index (κ2) is 9.09. The topological polar surface area (TPSA) is 75.7 Å². The highest BCUT2D eigenvalue weighted by Gasteiger charge is 2.29. The maximum atomic E-state index is 14.4. The van der Waals surface area contributed by atoms with Crippen molar-refractivity contribution in [3.63, 3.8) is 0 Å². The molecule has 3 aromatic rings. The molecule has 3 aromatic carbocycles. The summed E-state index contributed by atoms with van der Waals surface area (Å²) in [7, 11) is -3.02. The van der Waals surface area contributed by atoms with E-state index in [9.17, 15) is 26.4 Å². The molecule has 162 valence electrons. The fraction of sp³-hybridized carbons (Fsp3) is 0.0952. The summed E-state index contributed by atoms with van der Waals surface area (Å²) < 4.78 is 74.0. The van der Waals surface area contributed by atoms with Crippen LogP contribution >= 0.6 is 0 Å². The minimum Gasteiger partial charge on any atom is -0.497 e. The molecular weight excluding hydrogens is 433 g/mol. The molecule has 1 N–H and O–H groups in total. The molecule has 0 heterocycles. The van der Waals surface area contributed by atoms with Crippen LogP contribution in [0.3, 0.4) is 0 Å². The lowest BCUT2D eigenvalue weighted by atomic mass is 10.3. The molecule has 0 atom stereocenters. The molecule has 1 amide bonds. The van der Waals surface area contributed by atoms with Crippen LogP contribution in [-0.4, -0.2) is 28.0 Å². The Morgan fingerprint density at radius 3 is 2.06 bits per heavy atom. The molecule has 3 rings (SSSR count). The van der Waals surface area contributed by atoms with Gasteiger partial charge in [0, 0.05) is 0 Å². The zero-order valence-corrected chi connectivity index (χ0v) is 17.0. The van der Waals surface area contributed by atoms with Crippen LogP contribution in [0.15, 0.2) is 71.6 Å². The zero-order valence-electron chi connectivity index (χ0n) is 16.2. The lowest BCUT2D eigenvalue weighted by molar-refractivity contribution is -0.114. The number of carbonyl (C=O) groups is 1. The molecule has 0 aliphatic heterocycles. The first kappa shape index (κ1) is 22.2. The molecule has 31 heavy (non-hydrogen) atoms. The van der Waals surface area contributed by atoms with Crippen LogP contribution in [0.5, 0.6) is 5.75 Å². The average Bonchev–Trinajstić information content (AvgIpc) is 2.75. The Bertz CT molecular complexity index is 1180. The van der Waals surface area contributed by atoms with Crippen LogP contribution in [0.1, 0.15) is 0 Å². The van der Waals surface area contributed by atoms with Crippen LogP contribution in [0.2, 0.25) is 0 Å². The standard InChI is InChI=1S/C21H17F3N2O4S/c1-30-14-9-11-15(12-10-14)31(28,29)26(19-8-3-2-5-16(19)22)13-20(27)25-21-17(23)6-4-7-18(21)24/h2-12H,13H2,1H3,(H,25,27). The van der Waals surface area contributed by atoms with Crippen molar-refractivity contribution in [1.82, 2.24) is 0 Å². The summed E-state index contributed by atoms with van der Waals surface area (Å²) in [5, 5.41) is 2.00. The van der Waals surface area contributed by atoms with Crippen LogP contribution in [0.25, 0.3) is 0 Å². The summed E-state index contributed by atoms with van der Waals surface area (Å²) in [5.41, 5.74) is -1.13. The number of methoxy groups -OCH3 is 1. The van der Waals surface area contributed by atoms with Gasteiger partial charge in [-0.1, -0.05) is 18.2 Å². The van der Waals surface area contributed by atoms with Crippen LogP contribution in [0.4, 0.5) is 24.5 Å². The first-order valence-corrected chi connectivity index (χ1v) is 10.3. The molecule has 10 heteroatoms. The van der Waals surface area contributed by atoms with E-state index in [1.165, 1.54) is 49.6 Å². The van der Waals surface area contributed by atoms with Gasteiger partial charge < -0.3 is 10.1 Å². The van der Waals surface area contributed by atoms with Gasteiger partial charge in [0.2, 0.25) is 5.91 Å². The predicted octanol–water partition coefficient (Wildman–Crippen LogP) is 3.95. The van der Waals surface area contributed by atoms with Gasteiger partial charge in [-0.2, -0.15) is 0 Å². The van der Waals surface area contributed by atoms with Crippen molar-refractivity contribution in [1.29, 1.82) is 0 Å². The average molecular weight is 450 g/mol. The van der Waals surface area contributed by atoms with Crippen molar-refractivity contribution in [3.8, 4) is 5.75 Å². The number of hydrogen-bond donors (Lipinski definition) is 1. The van der Waals surface area contributed by atoms with Gasteiger partial charge in [0.05, 0.1) is 17.7 Å². The third-order valence-electron chi connectivity index (χ3n) is 4.28. The predicted molar refractivity (Wildman–Crippen MR) is 109 cm³/mol. The number of hydrogen-bond acceptors (Lipinski definition) is 4. The van der Waals surface area contributed by atoms with E-state index in [2.05, 4.69) is 0 Å². The minimum absolute atomic E-state index is 0.235. The van der Waals surface area contributed by atoms with Crippen molar-refractivity contribution in [3.05, 3.63) is 84.2 Å². The molecule has 0 aromatic heterocycles. The van der Waals surface area contributed by atoms with Crippen LogP contribution < -0.4 is 14.4 Å². The summed E-state index contributed by atoms with van der Waals surface area (Å²) >= 11 is 0. The molecular formula is C21H17F3N2O4S. The Morgan fingerprint density at radius 2 is 1.48 bits per heavy atom. The van der Waals surface area contributed by atoms with Gasteiger partial charge >= 0.3 is 0 Å². The quantitative estimate of drug-likeness (QED) is 0.592. The molecule has 0 unspecified atom stereocenters. The van der Waals surface area contributed by atoms with Crippen molar-refractivity contribution in [2.45, 2.75) is 4.90 Å². The Kier molecular flexibility index (Phi) is 6.50. The van der Waals surface area contributed by atoms with Crippen molar-refractivity contribution < 1.29 is 31.1 Å². The maximum Gasteiger partial charge on any atom is 0.264 e. The summed E-state index contributed by atoms with van der Waals surface area (Å²) in [4.78, 5) is 12.3. The number of amides is 1. The highest BCUT2D eigenvalue weighted by molar-refractivity contribution is 7.92. The van der Waals surface area contributed by atoms with Gasteiger partial charge in [0.15, 0.2) is 0 Å². The minimum atomic E-state index is -4.42. The van der Waals surface area contributed by atoms with E-state index in [0.29, 0.717) is 10.1 Å². The molecule has 0 bridgehead atoms. The number of nitrogens with zero attached hydrogens (tertiary/aromatic N) is 1. The Balaban J connectivity index is 1.99. The SMILES string of the molecule is COc1ccc(S(=O)(=O)N(CC(=O)Nc2c(F)cccc2F)c2ccccc2F)cc1. The first-order valence-electron chi connectivity index (χ1n) is 8.89. The highest BCUT2D eigenvalue weighted by atomic mass is 32.2. The van der Waals surface area contributed by atoms with Gasteiger partial charge in [-0.25, -0.2) is 21.6 Å². The van der Waals surface area contributed by atoms with Crippen LogP contribution in [-0.2, 0) is 14.8 Å². The van der Waals surface area contributed by atoms with Crippen molar-refractivity contribution in [2.75, 3.05) is 23.3 Å². The van der Waals surface area contributed by atoms with E-state index in [0.717, 1.165) is 24.3 Å². The molecule has 0 radical (unpaired) electrons. The van der Waals surface area contributed by atoms with E-state index < -0.39 is 51.3 Å². The maximum absolute atomic E-state index is 14.4. The summed E-state index contributed by atoms with van der Waals surface area (Å²) in [6, 6.07) is 13.2. The highest BCUT2D eigenvalue weighted by Crippen LogP contribution is 2.27. The third kappa shape index (κ3) is 4.80. The molecule has 0 aliphatic carbocycles. The Hall–Kier alpha value is -3.53. The van der Waals surface area contributed by atoms with E-state index in [1.54, 1.807) is 0 Å². The molecule has 0 saturated heterocycles. The summed E-state index contributed by atoms with van der Waals surface area (Å²) in [5.74, 6) is -3.65. The molecule has 0 aliphatic rings. The summed E-state index contributed by atoms with van der Waals surface area (Å²) in [6.07, 6.45) is 0. The van der Waals surface area contributed by atoms with Gasteiger partial charge in [-0.3, -0.25) is 9.10 Å². The number of nitrogens with one attached hydrogen (secondary N) is 1. The first-order chi connectivity index (χ1) is 14.7. The summed E-state index contributed by atoms with van der Waals surface area (Å²) in [6.45, 7) is -0.928. The second-order valence-corrected chi connectivity index (χ2v) is 8.15. The lowest BCUT2D eigenvalue weighted by Crippen LogP contribution is -2.38. The number of para-hydroxylation sites is 2. The monoisotopic (exact) mass is 450 g/mol. The third-order valence-corrected chi connectivity index (χ3v) is 6.06. The number of benzene rings is 3. The van der Waals surface area contributed by atoms with E-state index in [-0.39, 0.29) is 4.90 Å². The number of carbonyl (C=O) groups excluding carboxylic acids is 1. The van der Waals surface area contributed by atoms with Gasteiger partial charge in [-0.15, -0.1) is 0 Å². The fourth-order valence-electron chi connectivity index (χ4n) is 2.76. The van der Waals surface area contributed by atoms with Gasteiger partial charge in [-0.05, 0) is 48.5 Å². The normalized spacial score (nSPS) is 11.1. The fourth-order valence-corrected chi connectivity index (χ4v) is 4.18. The largest absolute Gasteiger partial charge is 0.497 e. The van der Waals surface area contributed by atoms with Gasteiger partial charge in [0.25, 0.3) is 10.0 Å². The Labute approximate surface area is 176 Å². The molecule has 0 saturated carbocycles. The Morgan fingerprint density at radius 1 is 0.903 bits per heavy atom. The molecule has 0 fully saturated rings. The van der Waals surface area contributed by atoms with E-state index >= 15 is 0 Å². The van der Waals surface area contributed by atoms with Crippen molar-refractivity contribution in [2.24, 2.45) is 0 Å². The number of rotatable bonds is 7. The zero-order chi connectivity index (χ0) is 22.6. The molecule has 6 nitrogen and oxygen atoms in total. The van der Waals surface area contributed by atoms with E-state index in [1.807, 2.05) is 5.32 Å². The number of anilines is 2. The lowest BCUT2D eigenvalue weighted by Gasteiger charge is -2.24. The number of sulfonamides is 1. The van der Waals surface area contributed by atoms with E-state index in [4.69, 9.17) is 4.74 Å². The van der Waals surface area contributed by atoms with Crippen LogP contribution in [0, 0.1) is 17.5 Å². The number of halogens is 3. The number of ether oxygens (including phenoxy) is 1. The van der Waals surface area contributed by atoms with Crippen molar-refractivity contribution >= 4 is 27.3 Å². The second-order valence-electron chi connectivity index (χ2n) is 6.28. The van der Waals surface area contributed by atoms with Gasteiger partial charge in [0.1, 0.15) is 35.4 Å². The smallest absolute Gasteiger partial charge is 0.264 e. The molecule has 0 spiro atoms.